The molecule has 0 spiro atoms. The third-order valence-corrected chi connectivity index (χ3v) is 7.16. The van der Waals surface area contributed by atoms with Crippen molar-refractivity contribution in [3.05, 3.63) is 104 Å². The van der Waals surface area contributed by atoms with Crippen LogP contribution in [0.15, 0.2) is 66.7 Å². The molecule has 0 radical (unpaired) electrons. The van der Waals surface area contributed by atoms with E-state index in [1.165, 1.54) is 0 Å². The van der Waals surface area contributed by atoms with E-state index < -0.39 is 6.04 Å². The second-order valence-electron chi connectivity index (χ2n) is 8.69. The zero-order valence-electron chi connectivity index (χ0n) is 20.1. The molecule has 2 atom stereocenters. The minimum absolute atomic E-state index is 0.00309. The number of nitrogens with one attached hydrogen (secondary N) is 1. The molecule has 1 N–H and O–H groups in total. The Morgan fingerprint density at radius 2 is 1.44 bits per heavy atom. The first-order valence-electron chi connectivity index (χ1n) is 11.7. The predicted molar refractivity (Wildman–Crippen MR) is 149 cm³/mol. The average molecular weight is 566 g/mol. The summed E-state index contributed by atoms with van der Waals surface area (Å²) in [5.74, 6) is -0.487. The number of amides is 2. The lowest BCUT2D eigenvalue weighted by molar-refractivity contribution is -0.141. The summed E-state index contributed by atoms with van der Waals surface area (Å²) in [7, 11) is 0. The molecule has 0 unspecified atom stereocenters. The van der Waals surface area contributed by atoms with Crippen LogP contribution in [0.3, 0.4) is 0 Å². The van der Waals surface area contributed by atoms with Crippen molar-refractivity contribution in [3.8, 4) is 0 Å². The lowest BCUT2D eigenvalue weighted by Gasteiger charge is -2.32. The first kappa shape index (κ1) is 28.3. The molecular formula is C28H28Cl4N2O2. The molecular weight excluding hydrogens is 538 g/mol. The van der Waals surface area contributed by atoms with Gasteiger partial charge in [-0.3, -0.25) is 9.59 Å². The summed E-state index contributed by atoms with van der Waals surface area (Å²) in [5.41, 5.74) is 2.25. The molecule has 4 nitrogen and oxygen atoms in total. The van der Waals surface area contributed by atoms with Crippen molar-refractivity contribution in [2.45, 2.75) is 51.7 Å². The zero-order chi connectivity index (χ0) is 26.2. The molecule has 3 rings (SSSR count). The molecule has 190 valence electrons. The Kier molecular flexibility index (Phi) is 10.5. The molecule has 0 aliphatic rings. The highest BCUT2D eigenvalue weighted by Crippen LogP contribution is 2.26. The van der Waals surface area contributed by atoms with Crippen LogP contribution < -0.4 is 5.32 Å². The van der Waals surface area contributed by atoms with Gasteiger partial charge in [0, 0.05) is 39.1 Å². The summed E-state index contributed by atoms with van der Waals surface area (Å²) >= 11 is 25.0. The monoisotopic (exact) mass is 564 g/mol. The number of hydrogen-bond acceptors (Lipinski definition) is 2. The van der Waals surface area contributed by atoms with Crippen molar-refractivity contribution < 1.29 is 9.59 Å². The molecule has 0 fully saturated rings. The van der Waals surface area contributed by atoms with Crippen molar-refractivity contribution in [2.75, 3.05) is 0 Å². The van der Waals surface area contributed by atoms with Crippen LogP contribution in [0, 0.1) is 0 Å². The Labute approximate surface area is 232 Å². The van der Waals surface area contributed by atoms with Gasteiger partial charge in [0.1, 0.15) is 6.04 Å². The van der Waals surface area contributed by atoms with Gasteiger partial charge in [-0.05, 0) is 54.3 Å². The summed E-state index contributed by atoms with van der Waals surface area (Å²) < 4.78 is 0. The molecule has 0 saturated heterocycles. The number of benzene rings is 3. The number of carbonyl (C=O) groups is 2. The molecule has 8 heteroatoms. The van der Waals surface area contributed by atoms with E-state index in [4.69, 9.17) is 46.4 Å². The molecule has 0 aliphatic carbocycles. The van der Waals surface area contributed by atoms with Gasteiger partial charge in [-0.1, -0.05) is 95.8 Å². The van der Waals surface area contributed by atoms with Crippen LogP contribution in [-0.4, -0.2) is 28.8 Å². The van der Waals surface area contributed by atoms with E-state index in [0.29, 0.717) is 37.6 Å². The van der Waals surface area contributed by atoms with Crippen molar-refractivity contribution in [1.82, 2.24) is 10.2 Å². The number of rotatable bonds is 10. The van der Waals surface area contributed by atoms with Gasteiger partial charge in [0.15, 0.2) is 0 Å². The highest BCUT2D eigenvalue weighted by Gasteiger charge is 2.31. The van der Waals surface area contributed by atoms with Crippen LogP contribution in [0.25, 0.3) is 0 Å². The van der Waals surface area contributed by atoms with Gasteiger partial charge < -0.3 is 10.2 Å². The van der Waals surface area contributed by atoms with Gasteiger partial charge in [-0.25, -0.2) is 0 Å². The van der Waals surface area contributed by atoms with Crippen LogP contribution >= 0.6 is 46.4 Å². The topological polar surface area (TPSA) is 49.4 Å². The van der Waals surface area contributed by atoms with Crippen molar-refractivity contribution >= 4 is 58.2 Å². The highest BCUT2D eigenvalue weighted by molar-refractivity contribution is 6.35. The third kappa shape index (κ3) is 7.88. The number of halogens is 4. The van der Waals surface area contributed by atoms with E-state index in [1.54, 1.807) is 41.3 Å². The van der Waals surface area contributed by atoms with Crippen molar-refractivity contribution in [1.29, 1.82) is 0 Å². The van der Waals surface area contributed by atoms with Crippen molar-refractivity contribution in [2.24, 2.45) is 0 Å². The van der Waals surface area contributed by atoms with E-state index in [9.17, 15) is 9.59 Å². The Morgan fingerprint density at radius 1 is 0.861 bits per heavy atom. The van der Waals surface area contributed by atoms with Crippen molar-refractivity contribution in [3.63, 3.8) is 0 Å². The maximum absolute atomic E-state index is 13.8. The molecule has 0 aromatic heterocycles. The summed E-state index contributed by atoms with van der Waals surface area (Å²) in [6.07, 6.45) is 1.11. The molecule has 3 aromatic carbocycles. The molecule has 0 saturated carbocycles. The standard InChI is InChI=1S/C28H28Cl4N2O2/c1-3-18(2)33-28(36)26(13-19-7-5-4-6-8-19)34(17-21-10-12-23(30)16-25(21)32)27(35)14-20-9-11-22(29)15-24(20)31/h4-12,15-16,18,26H,3,13-14,17H2,1-2H3,(H,33,36)/t18-,26-/m0/s1. The second-order valence-corrected chi connectivity index (χ2v) is 10.4. The fourth-order valence-corrected chi connectivity index (χ4v) is 4.70. The largest absolute Gasteiger partial charge is 0.352 e. The van der Waals surface area contributed by atoms with Gasteiger partial charge in [-0.2, -0.15) is 0 Å². The maximum atomic E-state index is 13.8. The normalized spacial score (nSPS) is 12.6. The molecule has 0 aliphatic heterocycles. The van der Waals surface area contributed by atoms with E-state index in [-0.39, 0.29) is 30.8 Å². The average Bonchev–Trinajstić information content (AvgIpc) is 2.84. The molecule has 3 aromatic rings. The quantitative estimate of drug-likeness (QED) is 0.278. The fraction of sp³-hybridized carbons (Fsp3) is 0.286. The smallest absolute Gasteiger partial charge is 0.243 e. The van der Waals surface area contributed by atoms with Crippen LogP contribution in [0.4, 0.5) is 0 Å². The van der Waals surface area contributed by atoms with E-state index in [1.807, 2.05) is 44.2 Å². The fourth-order valence-electron chi connectivity index (χ4n) is 3.76. The first-order chi connectivity index (χ1) is 17.2. The Hall–Kier alpha value is -2.24. The van der Waals surface area contributed by atoms with E-state index >= 15 is 0 Å². The highest BCUT2D eigenvalue weighted by atomic mass is 35.5. The van der Waals surface area contributed by atoms with Gasteiger partial charge in [0.05, 0.1) is 6.42 Å². The van der Waals surface area contributed by atoms with Crippen LogP contribution in [0.2, 0.25) is 20.1 Å². The summed E-state index contributed by atoms with van der Waals surface area (Å²) in [5, 5.41) is 4.83. The minimum Gasteiger partial charge on any atom is -0.352 e. The maximum Gasteiger partial charge on any atom is 0.243 e. The van der Waals surface area contributed by atoms with Gasteiger partial charge in [0.25, 0.3) is 0 Å². The second kappa shape index (κ2) is 13.3. The summed E-state index contributed by atoms with van der Waals surface area (Å²) in [6.45, 7) is 4.06. The lowest BCUT2D eigenvalue weighted by Crippen LogP contribution is -2.52. The first-order valence-corrected chi connectivity index (χ1v) is 13.2. The number of nitrogens with zero attached hydrogens (tertiary/aromatic N) is 1. The van der Waals surface area contributed by atoms with Gasteiger partial charge >= 0.3 is 0 Å². The summed E-state index contributed by atoms with van der Waals surface area (Å²) in [6, 6.07) is 18.9. The number of carbonyl (C=O) groups excluding carboxylic acids is 2. The third-order valence-electron chi connectivity index (χ3n) is 5.98. The molecule has 2 amide bonds. The Morgan fingerprint density at radius 3 is 2.00 bits per heavy atom. The van der Waals surface area contributed by atoms with Gasteiger partial charge in [0.2, 0.25) is 11.8 Å². The summed E-state index contributed by atoms with van der Waals surface area (Å²) in [4.78, 5) is 28.9. The van der Waals surface area contributed by atoms with Crippen LogP contribution in [0.5, 0.6) is 0 Å². The molecule has 0 heterocycles. The Balaban J connectivity index is 2.02. The molecule has 36 heavy (non-hydrogen) atoms. The molecule has 0 bridgehead atoms. The van der Waals surface area contributed by atoms with E-state index in [2.05, 4.69) is 5.32 Å². The van der Waals surface area contributed by atoms with E-state index in [0.717, 1.165) is 12.0 Å². The zero-order valence-corrected chi connectivity index (χ0v) is 23.1. The van der Waals surface area contributed by atoms with Crippen LogP contribution in [-0.2, 0) is 29.0 Å². The van der Waals surface area contributed by atoms with Gasteiger partial charge in [-0.15, -0.1) is 0 Å². The minimum atomic E-state index is -0.772. The SMILES string of the molecule is CC[C@H](C)NC(=O)[C@H](Cc1ccccc1)N(Cc1ccc(Cl)cc1Cl)C(=O)Cc1ccc(Cl)cc1Cl. The van der Waals surface area contributed by atoms with Crippen LogP contribution in [0.1, 0.15) is 37.0 Å². The lowest BCUT2D eigenvalue weighted by atomic mass is 10.0. The predicted octanol–water partition coefficient (Wildman–Crippen LogP) is 7.40. The Bertz CT molecular complexity index is 1200. The number of hydrogen-bond donors (Lipinski definition) is 1.